The normalized spacial score (nSPS) is 24.2. The highest BCUT2D eigenvalue weighted by Crippen LogP contribution is 2.08. The van der Waals surface area contributed by atoms with Crippen LogP contribution in [-0.4, -0.2) is 48.3 Å². The molecule has 1 N–H and O–H groups in total. The van der Waals surface area contributed by atoms with E-state index in [4.69, 9.17) is 9.84 Å². The predicted molar refractivity (Wildman–Crippen MR) is 48.6 cm³/mol. The molecule has 1 aliphatic rings. The Balaban J connectivity index is 2.32. The Labute approximate surface area is 77.8 Å². The van der Waals surface area contributed by atoms with Crippen molar-refractivity contribution in [2.75, 3.05) is 26.2 Å². The van der Waals surface area contributed by atoms with Crippen LogP contribution in [0.15, 0.2) is 12.7 Å². The highest BCUT2D eigenvalue weighted by Gasteiger charge is 2.21. The minimum Gasteiger partial charge on any atom is -0.481 e. The summed E-state index contributed by atoms with van der Waals surface area (Å²) >= 11 is 0. The maximum atomic E-state index is 10.4. The number of aliphatic carboxylic acids is 1. The molecule has 0 aromatic carbocycles. The molecule has 1 atom stereocenters. The molecule has 1 heterocycles. The van der Waals surface area contributed by atoms with Gasteiger partial charge >= 0.3 is 5.97 Å². The number of hydrogen-bond donors (Lipinski definition) is 1. The van der Waals surface area contributed by atoms with Gasteiger partial charge in [-0.05, 0) is 0 Å². The van der Waals surface area contributed by atoms with Crippen LogP contribution in [0, 0.1) is 0 Å². The molecule has 0 amide bonds. The minimum absolute atomic E-state index is 0.0909. The van der Waals surface area contributed by atoms with Crippen molar-refractivity contribution in [1.82, 2.24) is 4.90 Å². The summed E-state index contributed by atoms with van der Waals surface area (Å²) in [5.41, 5.74) is 0. The second-order valence-electron chi connectivity index (χ2n) is 3.14. The second-order valence-corrected chi connectivity index (χ2v) is 3.14. The van der Waals surface area contributed by atoms with Crippen molar-refractivity contribution in [1.29, 1.82) is 0 Å². The standard InChI is InChI=1S/C9H15NO3/c1-2-3-10-4-5-13-8(7-10)6-9(11)12/h2,8H,1,3-7H2,(H,11,12). The first-order valence-corrected chi connectivity index (χ1v) is 4.39. The van der Waals surface area contributed by atoms with Crippen LogP contribution in [0.1, 0.15) is 6.42 Å². The fourth-order valence-corrected chi connectivity index (χ4v) is 1.45. The monoisotopic (exact) mass is 185 g/mol. The zero-order valence-electron chi connectivity index (χ0n) is 7.61. The summed E-state index contributed by atoms with van der Waals surface area (Å²) < 4.78 is 5.31. The number of carbonyl (C=O) groups is 1. The first-order chi connectivity index (χ1) is 6.22. The zero-order chi connectivity index (χ0) is 9.68. The molecule has 1 fully saturated rings. The summed E-state index contributed by atoms with van der Waals surface area (Å²) in [6.07, 6.45) is 1.75. The Morgan fingerprint density at radius 3 is 3.15 bits per heavy atom. The second kappa shape index (κ2) is 4.99. The number of morpholine rings is 1. The molecule has 1 rings (SSSR count). The molecule has 4 nitrogen and oxygen atoms in total. The van der Waals surface area contributed by atoms with E-state index < -0.39 is 5.97 Å². The molecule has 0 aromatic rings. The molecule has 0 radical (unpaired) electrons. The van der Waals surface area contributed by atoms with Crippen LogP contribution in [0.3, 0.4) is 0 Å². The third-order valence-electron chi connectivity index (χ3n) is 2.01. The molecule has 1 unspecified atom stereocenters. The molecule has 1 saturated heterocycles. The largest absolute Gasteiger partial charge is 0.481 e. The van der Waals surface area contributed by atoms with E-state index in [1.165, 1.54) is 0 Å². The smallest absolute Gasteiger partial charge is 0.306 e. The van der Waals surface area contributed by atoms with E-state index in [0.717, 1.165) is 13.1 Å². The van der Waals surface area contributed by atoms with Gasteiger partial charge in [-0.25, -0.2) is 0 Å². The Morgan fingerprint density at radius 1 is 1.77 bits per heavy atom. The van der Waals surface area contributed by atoms with Crippen molar-refractivity contribution in [3.8, 4) is 0 Å². The molecule has 1 aliphatic heterocycles. The van der Waals surface area contributed by atoms with Crippen molar-refractivity contribution in [2.45, 2.75) is 12.5 Å². The summed E-state index contributed by atoms with van der Waals surface area (Å²) in [6.45, 7) is 6.62. The average molecular weight is 185 g/mol. The van der Waals surface area contributed by atoms with Crippen LogP contribution in [0.2, 0.25) is 0 Å². The van der Waals surface area contributed by atoms with Gasteiger partial charge in [-0.3, -0.25) is 9.69 Å². The van der Waals surface area contributed by atoms with Gasteiger partial charge in [0.15, 0.2) is 0 Å². The van der Waals surface area contributed by atoms with Crippen molar-refractivity contribution < 1.29 is 14.6 Å². The van der Waals surface area contributed by atoms with Gasteiger partial charge in [0.25, 0.3) is 0 Å². The van der Waals surface area contributed by atoms with E-state index in [2.05, 4.69) is 11.5 Å². The highest BCUT2D eigenvalue weighted by atomic mass is 16.5. The van der Waals surface area contributed by atoms with E-state index >= 15 is 0 Å². The van der Waals surface area contributed by atoms with Crippen LogP contribution in [0.25, 0.3) is 0 Å². The summed E-state index contributed by atoms with van der Waals surface area (Å²) in [5, 5.41) is 8.56. The minimum atomic E-state index is -0.801. The van der Waals surface area contributed by atoms with Gasteiger partial charge < -0.3 is 9.84 Å². The van der Waals surface area contributed by atoms with Gasteiger partial charge in [-0.2, -0.15) is 0 Å². The Morgan fingerprint density at radius 2 is 2.54 bits per heavy atom. The lowest BCUT2D eigenvalue weighted by molar-refractivity contribution is -0.142. The van der Waals surface area contributed by atoms with Gasteiger partial charge in [-0.15, -0.1) is 6.58 Å². The molecule has 0 aliphatic carbocycles. The van der Waals surface area contributed by atoms with Crippen LogP contribution in [0.4, 0.5) is 0 Å². The Bertz CT molecular complexity index is 193. The van der Waals surface area contributed by atoms with Gasteiger partial charge in [0.1, 0.15) is 0 Å². The Kier molecular flexibility index (Phi) is 3.92. The lowest BCUT2D eigenvalue weighted by Crippen LogP contribution is -2.43. The highest BCUT2D eigenvalue weighted by molar-refractivity contribution is 5.67. The zero-order valence-corrected chi connectivity index (χ0v) is 7.61. The SMILES string of the molecule is C=CCN1CCOC(CC(=O)O)C1. The topological polar surface area (TPSA) is 49.8 Å². The fraction of sp³-hybridized carbons (Fsp3) is 0.667. The van der Waals surface area contributed by atoms with Crippen LogP contribution < -0.4 is 0 Å². The molecular weight excluding hydrogens is 170 g/mol. The lowest BCUT2D eigenvalue weighted by Gasteiger charge is -2.31. The quantitative estimate of drug-likeness (QED) is 0.642. The summed E-state index contributed by atoms with van der Waals surface area (Å²) in [7, 11) is 0. The molecular formula is C9H15NO3. The number of carboxylic acid groups (broad SMARTS) is 1. The molecule has 0 saturated carbocycles. The van der Waals surface area contributed by atoms with E-state index in [1.54, 1.807) is 0 Å². The van der Waals surface area contributed by atoms with Gasteiger partial charge in [0.2, 0.25) is 0 Å². The fourth-order valence-electron chi connectivity index (χ4n) is 1.45. The number of nitrogens with zero attached hydrogens (tertiary/aromatic N) is 1. The van der Waals surface area contributed by atoms with Gasteiger partial charge in [-0.1, -0.05) is 6.08 Å². The summed E-state index contributed by atoms with van der Waals surface area (Å²) in [6, 6.07) is 0. The first kappa shape index (κ1) is 10.2. The summed E-state index contributed by atoms with van der Waals surface area (Å²) in [5.74, 6) is -0.801. The van der Waals surface area contributed by atoms with Crippen molar-refractivity contribution in [3.05, 3.63) is 12.7 Å². The van der Waals surface area contributed by atoms with Crippen LogP contribution in [-0.2, 0) is 9.53 Å². The summed E-state index contributed by atoms with van der Waals surface area (Å²) in [4.78, 5) is 12.6. The maximum absolute atomic E-state index is 10.4. The van der Waals surface area contributed by atoms with Crippen LogP contribution >= 0.6 is 0 Å². The third-order valence-corrected chi connectivity index (χ3v) is 2.01. The number of rotatable bonds is 4. The molecule has 0 bridgehead atoms. The average Bonchev–Trinajstić information content (AvgIpc) is 2.04. The number of carboxylic acids is 1. The molecule has 13 heavy (non-hydrogen) atoms. The van der Waals surface area contributed by atoms with Crippen LogP contribution in [0.5, 0.6) is 0 Å². The first-order valence-electron chi connectivity index (χ1n) is 4.39. The van der Waals surface area contributed by atoms with Gasteiger partial charge in [0, 0.05) is 19.6 Å². The lowest BCUT2D eigenvalue weighted by atomic mass is 10.2. The van der Waals surface area contributed by atoms with Crippen molar-refractivity contribution >= 4 is 5.97 Å². The molecule has 4 heteroatoms. The Hall–Kier alpha value is -0.870. The van der Waals surface area contributed by atoms with E-state index in [9.17, 15) is 4.79 Å². The maximum Gasteiger partial charge on any atom is 0.306 e. The molecule has 0 spiro atoms. The van der Waals surface area contributed by atoms with E-state index in [1.807, 2.05) is 6.08 Å². The number of ether oxygens (including phenoxy) is 1. The molecule has 0 aromatic heterocycles. The third kappa shape index (κ3) is 3.57. The van der Waals surface area contributed by atoms with E-state index in [0.29, 0.717) is 13.2 Å². The van der Waals surface area contributed by atoms with Crippen molar-refractivity contribution in [2.24, 2.45) is 0 Å². The molecule has 74 valence electrons. The van der Waals surface area contributed by atoms with Gasteiger partial charge in [0.05, 0.1) is 19.1 Å². The van der Waals surface area contributed by atoms with E-state index in [-0.39, 0.29) is 12.5 Å². The predicted octanol–water partition coefficient (Wildman–Crippen LogP) is 0.348. The van der Waals surface area contributed by atoms with Crippen molar-refractivity contribution in [3.63, 3.8) is 0 Å². The number of hydrogen-bond acceptors (Lipinski definition) is 3.